The zero-order valence-electron chi connectivity index (χ0n) is 17.5. The van der Waals surface area contributed by atoms with Gasteiger partial charge in [-0.2, -0.15) is 0 Å². The molecule has 0 atom stereocenters. The molecule has 3 N–H and O–H groups in total. The van der Waals surface area contributed by atoms with Gasteiger partial charge in [-0.05, 0) is 49.9 Å². The summed E-state index contributed by atoms with van der Waals surface area (Å²) in [4.78, 5) is 6.78. The van der Waals surface area contributed by atoms with E-state index in [4.69, 9.17) is 15.2 Å². The molecular weight excluding hydrogens is 467 g/mol. The highest BCUT2D eigenvalue weighted by molar-refractivity contribution is 14.0. The van der Waals surface area contributed by atoms with Crippen LogP contribution in [-0.4, -0.2) is 56.9 Å². The standard InChI is InChI=1S/C21H36N4O2.HI/c1-17(2)7-10-23-21(22)24-16-18-5-4-6-20(15-18)27-14-11-25(3)19-8-12-26-13-9-19;/h4-6,15,17,19H,7-14,16H2,1-3H3,(H3,22,23,24);1H. The highest BCUT2D eigenvalue weighted by atomic mass is 127. The molecule has 1 aromatic rings. The Labute approximate surface area is 187 Å². The third kappa shape index (κ3) is 9.93. The summed E-state index contributed by atoms with van der Waals surface area (Å²) in [6, 6.07) is 8.69. The molecule has 1 fully saturated rings. The number of nitrogens with two attached hydrogens (primary N) is 1. The summed E-state index contributed by atoms with van der Waals surface area (Å²) in [5, 5.41) is 3.16. The molecule has 1 heterocycles. The molecule has 0 aliphatic carbocycles. The van der Waals surface area contributed by atoms with Crippen molar-refractivity contribution in [2.45, 2.75) is 45.7 Å². The molecule has 1 aliphatic rings. The first kappa shape index (κ1) is 25.0. The van der Waals surface area contributed by atoms with E-state index in [2.05, 4.69) is 36.1 Å². The van der Waals surface area contributed by atoms with E-state index in [-0.39, 0.29) is 24.0 Å². The van der Waals surface area contributed by atoms with Gasteiger partial charge in [0.1, 0.15) is 12.4 Å². The highest BCUT2D eigenvalue weighted by Gasteiger charge is 2.17. The second-order valence-electron chi connectivity index (χ2n) is 7.63. The number of nitrogens with zero attached hydrogens (tertiary/aromatic N) is 2. The minimum atomic E-state index is 0. The maximum Gasteiger partial charge on any atom is 0.188 e. The molecular formula is C21H37IN4O2. The van der Waals surface area contributed by atoms with Gasteiger partial charge in [-0.15, -0.1) is 24.0 Å². The largest absolute Gasteiger partial charge is 0.492 e. The molecule has 1 saturated heterocycles. The Morgan fingerprint density at radius 3 is 2.82 bits per heavy atom. The third-order valence-corrected chi connectivity index (χ3v) is 4.89. The predicted octanol–water partition coefficient (Wildman–Crippen LogP) is 3.24. The first-order valence-corrected chi connectivity index (χ1v) is 10.1. The minimum absolute atomic E-state index is 0. The van der Waals surface area contributed by atoms with Crippen LogP contribution in [0.2, 0.25) is 0 Å². The van der Waals surface area contributed by atoms with Crippen molar-refractivity contribution in [3.63, 3.8) is 0 Å². The van der Waals surface area contributed by atoms with Crippen LogP contribution in [0.5, 0.6) is 5.75 Å². The monoisotopic (exact) mass is 504 g/mol. The molecule has 0 spiro atoms. The van der Waals surface area contributed by atoms with Crippen LogP contribution in [0.25, 0.3) is 0 Å². The molecule has 7 heteroatoms. The number of nitrogens with one attached hydrogen (secondary N) is 1. The van der Waals surface area contributed by atoms with E-state index in [1.165, 1.54) is 0 Å². The number of rotatable bonds is 10. The maximum absolute atomic E-state index is 5.94. The van der Waals surface area contributed by atoms with Gasteiger partial charge >= 0.3 is 0 Å². The van der Waals surface area contributed by atoms with Crippen molar-refractivity contribution in [2.75, 3.05) is 40.0 Å². The van der Waals surface area contributed by atoms with Gasteiger partial charge in [0.05, 0.1) is 6.54 Å². The van der Waals surface area contributed by atoms with Crippen molar-refractivity contribution in [1.29, 1.82) is 0 Å². The van der Waals surface area contributed by atoms with E-state index in [1.807, 2.05) is 24.3 Å². The predicted molar refractivity (Wildman–Crippen MR) is 127 cm³/mol. The van der Waals surface area contributed by atoms with Crippen LogP contribution in [0.4, 0.5) is 0 Å². The molecule has 0 saturated carbocycles. The first-order valence-electron chi connectivity index (χ1n) is 10.1. The fraction of sp³-hybridized carbons (Fsp3) is 0.667. The Kier molecular flexibility index (Phi) is 12.5. The number of aliphatic imine (C=N–C) groups is 1. The number of hydrogen-bond acceptors (Lipinski definition) is 4. The zero-order valence-corrected chi connectivity index (χ0v) is 19.9. The number of guanidine groups is 1. The van der Waals surface area contributed by atoms with E-state index in [9.17, 15) is 0 Å². The van der Waals surface area contributed by atoms with Gasteiger partial charge in [0.15, 0.2) is 5.96 Å². The fourth-order valence-corrected chi connectivity index (χ4v) is 3.07. The Balaban J connectivity index is 0.00000392. The van der Waals surface area contributed by atoms with Crippen LogP contribution in [-0.2, 0) is 11.3 Å². The van der Waals surface area contributed by atoms with Crippen LogP contribution in [0.15, 0.2) is 29.3 Å². The SMILES string of the molecule is CC(C)CCNC(N)=NCc1cccc(OCCN(C)C2CCOCC2)c1.I. The average Bonchev–Trinajstić information content (AvgIpc) is 2.67. The molecule has 0 aromatic heterocycles. The van der Waals surface area contributed by atoms with Crippen molar-refractivity contribution >= 4 is 29.9 Å². The lowest BCUT2D eigenvalue weighted by molar-refractivity contribution is 0.0392. The fourth-order valence-electron chi connectivity index (χ4n) is 3.07. The van der Waals surface area contributed by atoms with Gasteiger partial charge in [0.2, 0.25) is 0 Å². The van der Waals surface area contributed by atoms with E-state index in [1.54, 1.807) is 0 Å². The number of hydrogen-bond donors (Lipinski definition) is 2. The Morgan fingerprint density at radius 2 is 2.11 bits per heavy atom. The molecule has 1 aromatic carbocycles. The van der Waals surface area contributed by atoms with Crippen molar-refractivity contribution in [3.8, 4) is 5.75 Å². The lowest BCUT2D eigenvalue weighted by Gasteiger charge is -2.31. The normalized spacial score (nSPS) is 15.5. The maximum atomic E-state index is 5.94. The second kappa shape index (κ2) is 14.0. The van der Waals surface area contributed by atoms with Crippen LogP contribution < -0.4 is 15.8 Å². The average molecular weight is 504 g/mol. The topological polar surface area (TPSA) is 72.1 Å². The van der Waals surface area contributed by atoms with E-state index in [0.717, 1.165) is 56.9 Å². The Hall–Kier alpha value is -1.06. The molecule has 0 unspecified atom stereocenters. The van der Waals surface area contributed by atoms with Gasteiger partial charge in [-0.25, -0.2) is 4.99 Å². The van der Waals surface area contributed by atoms with Crippen LogP contribution in [0.3, 0.4) is 0 Å². The molecule has 160 valence electrons. The highest BCUT2D eigenvalue weighted by Crippen LogP contribution is 2.15. The molecule has 1 aliphatic heterocycles. The lowest BCUT2D eigenvalue weighted by atomic mass is 10.1. The Morgan fingerprint density at radius 1 is 1.36 bits per heavy atom. The molecule has 0 amide bonds. The first-order chi connectivity index (χ1) is 13.0. The van der Waals surface area contributed by atoms with Crippen LogP contribution in [0.1, 0.15) is 38.7 Å². The van der Waals surface area contributed by atoms with Crippen LogP contribution >= 0.6 is 24.0 Å². The van der Waals surface area contributed by atoms with Gasteiger partial charge in [-0.3, -0.25) is 4.90 Å². The number of likely N-dealkylation sites (N-methyl/N-ethyl adjacent to an activating group) is 1. The molecule has 6 nitrogen and oxygen atoms in total. The summed E-state index contributed by atoms with van der Waals surface area (Å²) in [6.45, 7) is 9.14. The summed E-state index contributed by atoms with van der Waals surface area (Å²) in [6.07, 6.45) is 3.30. The van der Waals surface area contributed by atoms with Crippen molar-refractivity contribution < 1.29 is 9.47 Å². The summed E-state index contributed by atoms with van der Waals surface area (Å²) >= 11 is 0. The minimum Gasteiger partial charge on any atom is -0.492 e. The van der Waals surface area contributed by atoms with E-state index in [0.29, 0.717) is 31.1 Å². The second-order valence-corrected chi connectivity index (χ2v) is 7.63. The summed E-state index contributed by atoms with van der Waals surface area (Å²) < 4.78 is 11.4. The van der Waals surface area contributed by atoms with Crippen molar-refractivity contribution in [2.24, 2.45) is 16.6 Å². The summed E-state index contributed by atoms with van der Waals surface area (Å²) in [5.41, 5.74) is 7.02. The summed E-state index contributed by atoms with van der Waals surface area (Å²) in [5.74, 6) is 2.04. The quantitative estimate of drug-likeness (QED) is 0.291. The van der Waals surface area contributed by atoms with E-state index < -0.39 is 0 Å². The lowest BCUT2D eigenvalue weighted by Crippen LogP contribution is -2.38. The zero-order chi connectivity index (χ0) is 19.5. The smallest absolute Gasteiger partial charge is 0.188 e. The molecule has 28 heavy (non-hydrogen) atoms. The number of ether oxygens (including phenoxy) is 2. The Bertz CT molecular complexity index is 577. The van der Waals surface area contributed by atoms with Crippen molar-refractivity contribution in [1.82, 2.24) is 10.2 Å². The van der Waals surface area contributed by atoms with Gasteiger partial charge < -0.3 is 20.5 Å². The van der Waals surface area contributed by atoms with E-state index >= 15 is 0 Å². The summed E-state index contributed by atoms with van der Waals surface area (Å²) in [7, 11) is 2.17. The van der Waals surface area contributed by atoms with Gasteiger partial charge in [-0.1, -0.05) is 26.0 Å². The van der Waals surface area contributed by atoms with Crippen molar-refractivity contribution in [3.05, 3.63) is 29.8 Å². The third-order valence-electron chi connectivity index (χ3n) is 4.89. The van der Waals surface area contributed by atoms with Crippen LogP contribution in [0, 0.1) is 5.92 Å². The van der Waals surface area contributed by atoms with Gasteiger partial charge in [0.25, 0.3) is 0 Å². The van der Waals surface area contributed by atoms with Gasteiger partial charge in [0, 0.05) is 32.3 Å². The molecule has 0 bridgehead atoms. The number of benzene rings is 1. The molecule has 0 radical (unpaired) electrons. The molecule has 2 rings (SSSR count). The number of halogens is 1.